The first-order valence-corrected chi connectivity index (χ1v) is 7.94. The molecule has 2 heterocycles. The molecule has 0 radical (unpaired) electrons. The van der Waals surface area contributed by atoms with Crippen molar-refractivity contribution in [1.82, 2.24) is 9.78 Å². The van der Waals surface area contributed by atoms with Gasteiger partial charge in [-0.1, -0.05) is 5.16 Å². The molecule has 1 aliphatic heterocycles. The van der Waals surface area contributed by atoms with Gasteiger partial charge in [0, 0.05) is 13.5 Å². The number of aromatic nitrogens is 2. The van der Waals surface area contributed by atoms with Crippen molar-refractivity contribution in [3.05, 3.63) is 11.3 Å². The number of nitrogens with zero attached hydrogens (tertiary/aromatic N) is 3. The molecule has 0 saturated carbocycles. The van der Waals surface area contributed by atoms with Crippen LogP contribution in [-0.2, 0) is 29.1 Å². The minimum Gasteiger partial charge on any atom is -0.417 e. The van der Waals surface area contributed by atoms with Crippen LogP contribution in [0.3, 0.4) is 0 Å². The molecular formula is C12H14F5N3O4S. The number of hydrogen-bond acceptors (Lipinski definition) is 5. The monoisotopic (exact) mass is 391 g/mol. The highest BCUT2D eigenvalue weighted by Gasteiger charge is 2.47. The molecule has 0 aromatic carbocycles. The predicted molar refractivity (Wildman–Crippen MR) is 75.6 cm³/mol. The summed E-state index contributed by atoms with van der Waals surface area (Å²) in [5.74, 6) is -0.970. The Morgan fingerprint density at radius 2 is 2.00 bits per heavy atom. The molecule has 1 N–H and O–H groups in total. The van der Waals surface area contributed by atoms with Gasteiger partial charge >= 0.3 is 12.8 Å². The van der Waals surface area contributed by atoms with Crippen LogP contribution in [-0.4, -0.2) is 36.5 Å². The van der Waals surface area contributed by atoms with Crippen LogP contribution >= 0.6 is 0 Å². The summed E-state index contributed by atoms with van der Waals surface area (Å²) in [7, 11) is 0.949. The highest BCUT2D eigenvalue weighted by atomic mass is 32.2. The first kappa shape index (κ1) is 19.6. The van der Waals surface area contributed by atoms with Crippen molar-refractivity contribution in [2.75, 3.05) is 0 Å². The molecule has 0 aliphatic carbocycles. The summed E-state index contributed by atoms with van der Waals surface area (Å²) in [5, 5.41) is 4.81. The molecule has 142 valence electrons. The van der Waals surface area contributed by atoms with Gasteiger partial charge in [0.05, 0.1) is 11.3 Å². The SMILES string of the molecule is Cn1nc(C(F)(F)F)c(C(C2=NOC(C)(C)C2)S(=O)O)c1OC(F)F. The van der Waals surface area contributed by atoms with Crippen molar-refractivity contribution < 1.29 is 40.3 Å². The zero-order chi connectivity index (χ0) is 19.2. The van der Waals surface area contributed by atoms with Gasteiger partial charge in [-0.05, 0) is 13.8 Å². The Labute approximate surface area is 141 Å². The zero-order valence-corrected chi connectivity index (χ0v) is 14.0. The fraction of sp³-hybridized carbons (Fsp3) is 0.667. The molecular weight excluding hydrogens is 377 g/mol. The molecule has 2 rings (SSSR count). The zero-order valence-electron chi connectivity index (χ0n) is 13.2. The predicted octanol–water partition coefficient (Wildman–Crippen LogP) is 2.86. The van der Waals surface area contributed by atoms with Crippen LogP contribution in [0.1, 0.15) is 36.8 Å². The van der Waals surface area contributed by atoms with Gasteiger partial charge in [-0.3, -0.25) is 0 Å². The maximum atomic E-state index is 13.3. The van der Waals surface area contributed by atoms with Crippen molar-refractivity contribution >= 4 is 16.8 Å². The van der Waals surface area contributed by atoms with Crippen molar-refractivity contribution in [2.45, 2.75) is 43.9 Å². The number of ether oxygens (including phenoxy) is 1. The first-order valence-electron chi connectivity index (χ1n) is 6.77. The lowest BCUT2D eigenvalue weighted by molar-refractivity contribution is -0.142. The molecule has 1 aromatic heterocycles. The Hall–Kier alpha value is -1.76. The molecule has 2 unspecified atom stereocenters. The topological polar surface area (TPSA) is 85.9 Å². The van der Waals surface area contributed by atoms with Gasteiger partial charge in [-0.2, -0.15) is 27.1 Å². The van der Waals surface area contributed by atoms with Crippen LogP contribution in [0.2, 0.25) is 0 Å². The van der Waals surface area contributed by atoms with Gasteiger partial charge in [0.2, 0.25) is 5.88 Å². The number of oxime groups is 1. The van der Waals surface area contributed by atoms with Gasteiger partial charge in [0.15, 0.2) is 16.8 Å². The van der Waals surface area contributed by atoms with E-state index in [0.717, 1.165) is 7.05 Å². The van der Waals surface area contributed by atoms with Crippen molar-refractivity contribution in [2.24, 2.45) is 12.2 Å². The smallest absolute Gasteiger partial charge is 0.417 e. The van der Waals surface area contributed by atoms with Gasteiger partial charge in [-0.25, -0.2) is 8.89 Å². The maximum Gasteiger partial charge on any atom is 0.435 e. The van der Waals surface area contributed by atoms with Crippen LogP contribution in [0.15, 0.2) is 5.16 Å². The van der Waals surface area contributed by atoms with E-state index in [-0.39, 0.29) is 12.1 Å². The lowest BCUT2D eigenvalue weighted by Gasteiger charge is -2.18. The lowest BCUT2D eigenvalue weighted by atomic mass is 9.97. The van der Waals surface area contributed by atoms with Crippen LogP contribution in [0, 0.1) is 0 Å². The minimum atomic E-state index is -5.07. The quantitative estimate of drug-likeness (QED) is 0.616. The molecule has 0 spiro atoms. The Morgan fingerprint density at radius 3 is 2.40 bits per heavy atom. The average Bonchev–Trinajstić information content (AvgIpc) is 2.92. The second-order valence-electron chi connectivity index (χ2n) is 5.83. The number of rotatable bonds is 5. The Morgan fingerprint density at radius 1 is 1.40 bits per heavy atom. The van der Waals surface area contributed by atoms with Gasteiger partial charge in [0.1, 0.15) is 10.9 Å². The highest BCUT2D eigenvalue weighted by Crippen LogP contribution is 2.43. The van der Waals surface area contributed by atoms with E-state index in [1.54, 1.807) is 13.8 Å². The lowest BCUT2D eigenvalue weighted by Crippen LogP contribution is -2.25. The van der Waals surface area contributed by atoms with E-state index in [0.29, 0.717) is 4.68 Å². The van der Waals surface area contributed by atoms with E-state index in [1.165, 1.54) is 0 Å². The third-order valence-corrected chi connectivity index (χ3v) is 4.19. The maximum absolute atomic E-state index is 13.3. The average molecular weight is 391 g/mol. The standard InChI is InChI=1S/C12H14F5N3O4S/c1-11(2)4-5(19-24-11)7(25(21)22)6-8(12(15,16)17)18-20(3)9(6)23-10(13)14/h7,10H,4H2,1-3H3,(H,21,22). The molecule has 0 amide bonds. The summed E-state index contributed by atoms with van der Waals surface area (Å²) in [5.41, 5.74) is -3.72. The fourth-order valence-corrected chi connectivity index (χ4v) is 3.18. The number of aryl methyl sites for hydroxylation is 1. The van der Waals surface area contributed by atoms with E-state index in [4.69, 9.17) is 4.84 Å². The largest absolute Gasteiger partial charge is 0.435 e. The molecule has 1 aromatic rings. The van der Waals surface area contributed by atoms with Gasteiger partial charge in [0.25, 0.3) is 0 Å². The van der Waals surface area contributed by atoms with Crippen LogP contribution in [0.4, 0.5) is 22.0 Å². The van der Waals surface area contributed by atoms with Crippen LogP contribution < -0.4 is 4.74 Å². The molecule has 25 heavy (non-hydrogen) atoms. The van der Waals surface area contributed by atoms with E-state index in [9.17, 15) is 30.7 Å². The van der Waals surface area contributed by atoms with E-state index in [2.05, 4.69) is 15.0 Å². The summed E-state index contributed by atoms with van der Waals surface area (Å²) in [6.45, 7) is -0.336. The van der Waals surface area contributed by atoms with E-state index < -0.39 is 51.9 Å². The third-order valence-electron chi connectivity index (χ3n) is 3.28. The van der Waals surface area contributed by atoms with Crippen molar-refractivity contribution in [1.29, 1.82) is 0 Å². The molecule has 2 atom stereocenters. The Bertz CT molecular complexity index is 716. The summed E-state index contributed by atoms with van der Waals surface area (Å²) >= 11 is -2.92. The summed E-state index contributed by atoms with van der Waals surface area (Å²) in [6.07, 6.45) is -5.14. The van der Waals surface area contributed by atoms with Gasteiger partial charge < -0.3 is 14.1 Å². The number of hydrogen-bond donors (Lipinski definition) is 1. The Kier molecular flexibility index (Phi) is 5.10. The number of halogens is 5. The minimum absolute atomic E-state index is 0.0791. The highest BCUT2D eigenvalue weighted by molar-refractivity contribution is 7.80. The fourth-order valence-electron chi connectivity index (χ4n) is 2.40. The van der Waals surface area contributed by atoms with Crippen molar-refractivity contribution in [3.8, 4) is 5.88 Å². The molecule has 0 bridgehead atoms. The second kappa shape index (κ2) is 6.52. The molecule has 0 saturated heterocycles. The van der Waals surface area contributed by atoms with Gasteiger partial charge in [-0.15, -0.1) is 0 Å². The third kappa shape index (κ3) is 4.08. The summed E-state index contributed by atoms with van der Waals surface area (Å²) < 4.78 is 90.9. The van der Waals surface area contributed by atoms with E-state index >= 15 is 0 Å². The Balaban J connectivity index is 2.65. The first-order chi connectivity index (χ1) is 11.3. The van der Waals surface area contributed by atoms with Crippen LogP contribution in [0.25, 0.3) is 0 Å². The molecule has 7 nitrogen and oxygen atoms in total. The normalized spacial score (nSPS) is 19.5. The van der Waals surface area contributed by atoms with E-state index in [1.807, 2.05) is 0 Å². The number of alkyl halides is 5. The second-order valence-corrected chi connectivity index (χ2v) is 6.86. The molecule has 1 aliphatic rings. The molecule has 13 heteroatoms. The van der Waals surface area contributed by atoms with Crippen molar-refractivity contribution in [3.63, 3.8) is 0 Å². The summed E-state index contributed by atoms with van der Waals surface area (Å²) in [4.78, 5) is 5.00. The summed E-state index contributed by atoms with van der Waals surface area (Å²) in [6, 6.07) is 0. The van der Waals surface area contributed by atoms with Crippen LogP contribution in [0.5, 0.6) is 5.88 Å². The molecule has 0 fully saturated rings.